The van der Waals surface area contributed by atoms with Gasteiger partial charge in [0, 0.05) is 10.2 Å². The lowest BCUT2D eigenvalue weighted by atomic mass is 10.1. The zero-order chi connectivity index (χ0) is 13.1. The Labute approximate surface area is 115 Å². The molecule has 5 heteroatoms. The van der Waals surface area contributed by atoms with E-state index in [1.807, 2.05) is 26.0 Å². The van der Waals surface area contributed by atoms with Crippen LogP contribution in [0.3, 0.4) is 0 Å². The van der Waals surface area contributed by atoms with Gasteiger partial charge in [-0.3, -0.25) is 4.79 Å². The zero-order valence-electron chi connectivity index (χ0n) is 10.5. The molecular weight excluding hydrogens is 298 g/mol. The predicted octanol–water partition coefficient (Wildman–Crippen LogP) is 2.42. The lowest BCUT2D eigenvalue weighted by Gasteiger charge is -2.23. The maximum atomic E-state index is 12.0. The van der Waals surface area contributed by atoms with Crippen molar-refractivity contribution in [3.05, 3.63) is 27.7 Å². The van der Waals surface area contributed by atoms with Crippen molar-refractivity contribution in [1.82, 2.24) is 0 Å². The lowest BCUT2D eigenvalue weighted by molar-refractivity contribution is -0.142. The highest BCUT2D eigenvalue weighted by Crippen LogP contribution is 2.25. The summed E-state index contributed by atoms with van der Waals surface area (Å²) in [5.74, 6) is -0.150. The van der Waals surface area contributed by atoms with E-state index >= 15 is 0 Å². The topological polar surface area (TPSA) is 47.6 Å². The van der Waals surface area contributed by atoms with E-state index in [-0.39, 0.29) is 5.91 Å². The maximum absolute atomic E-state index is 12.0. The van der Waals surface area contributed by atoms with Crippen molar-refractivity contribution >= 4 is 27.5 Å². The molecule has 1 atom stereocenters. The van der Waals surface area contributed by atoms with Crippen molar-refractivity contribution in [2.75, 3.05) is 25.1 Å². The van der Waals surface area contributed by atoms with Crippen LogP contribution in [-0.4, -0.2) is 31.8 Å². The van der Waals surface area contributed by atoms with Crippen molar-refractivity contribution in [3.8, 4) is 0 Å². The van der Waals surface area contributed by atoms with Gasteiger partial charge in [-0.05, 0) is 37.1 Å². The molecule has 1 aromatic rings. The van der Waals surface area contributed by atoms with Gasteiger partial charge in [0.25, 0.3) is 5.91 Å². The summed E-state index contributed by atoms with van der Waals surface area (Å²) in [4.78, 5) is 12.0. The Balaban J connectivity index is 2.11. The van der Waals surface area contributed by atoms with Crippen LogP contribution >= 0.6 is 15.9 Å². The van der Waals surface area contributed by atoms with Gasteiger partial charge in [0.2, 0.25) is 0 Å². The van der Waals surface area contributed by atoms with Gasteiger partial charge in [0.1, 0.15) is 0 Å². The molecule has 0 bridgehead atoms. The summed E-state index contributed by atoms with van der Waals surface area (Å²) in [6, 6.07) is 3.95. The SMILES string of the molecule is Cc1cc(Br)cc(C)c1NC(=O)C1COCCO1. The van der Waals surface area contributed by atoms with Crippen LogP contribution in [0, 0.1) is 13.8 Å². The monoisotopic (exact) mass is 313 g/mol. The number of aryl methyl sites for hydroxylation is 2. The molecule has 0 spiro atoms. The van der Waals surface area contributed by atoms with Crippen molar-refractivity contribution in [2.24, 2.45) is 0 Å². The molecule has 1 saturated heterocycles. The second-order valence-corrected chi connectivity index (χ2v) is 5.25. The maximum Gasteiger partial charge on any atom is 0.255 e. The van der Waals surface area contributed by atoms with Gasteiger partial charge in [-0.2, -0.15) is 0 Å². The van der Waals surface area contributed by atoms with E-state index in [0.29, 0.717) is 19.8 Å². The average Bonchev–Trinajstić information content (AvgIpc) is 2.34. The number of halogens is 1. The van der Waals surface area contributed by atoms with Crippen LogP contribution in [0.15, 0.2) is 16.6 Å². The van der Waals surface area contributed by atoms with Crippen LogP contribution in [0.4, 0.5) is 5.69 Å². The number of benzene rings is 1. The normalized spacial score (nSPS) is 19.6. The van der Waals surface area contributed by atoms with Crippen LogP contribution in [0.1, 0.15) is 11.1 Å². The van der Waals surface area contributed by atoms with Crippen LogP contribution in [0.5, 0.6) is 0 Å². The fraction of sp³-hybridized carbons (Fsp3) is 0.462. The molecule has 0 saturated carbocycles. The second kappa shape index (κ2) is 5.82. The number of hydrogen-bond acceptors (Lipinski definition) is 3. The molecule has 0 aliphatic carbocycles. The first-order valence-corrected chi connectivity index (χ1v) is 6.64. The third-order valence-electron chi connectivity index (χ3n) is 2.85. The van der Waals surface area contributed by atoms with Crippen molar-refractivity contribution in [3.63, 3.8) is 0 Å². The molecule has 1 amide bonds. The molecule has 2 rings (SSSR count). The fourth-order valence-electron chi connectivity index (χ4n) is 1.95. The third kappa shape index (κ3) is 3.10. The Kier molecular flexibility index (Phi) is 4.37. The molecule has 1 fully saturated rings. The molecule has 1 aliphatic rings. The average molecular weight is 314 g/mol. The minimum Gasteiger partial charge on any atom is -0.376 e. The molecule has 18 heavy (non-hydrogen) atoms. The van der Waals surface area contributed by atoms with Crippen LogP contribution in [0.25, 0.3) is 0 Å². The summed E-state index contributed by atoms with van der Waals surface area (Å²) in [5, 5.41) is 2.91. The summed E-state index contributed by atoms with van der Waals surface area (Å²) in [5.41, 5.74) is 2.89. The number of carbonyl (C=O) groups excluding carboxylic acids is 1. The molecular formula is C13H16BrNO3. The first kappa shape index (κ1) is 13.5. The number of nitrogens with one attached hydrogen (secondary N) is 1. The van der Waals surface area contributed by atoms with E-state index in [1.54, 1.807) is 0 Å². The Morgan fingerprint density at radius 3 is 2.56 bits per heavy atom. The highest BCUT2D eigenvalue weighted by atomic mass is 79.9. The van der Waals surface area contributed by atoms with Crippen molar-refractivity contribution < 1.29 is 14.3 Å². The van der Waals surface area contributed by atoms with Crippen molar-refractivity contribution in [2.45, 2.75) is 20.0 Å². The minimum atomic E-state index is -0.513. The third-order valence-corrected chi connectivity index (χ3v) is 3.31. The van der Waals surface area contributed by atoms with E-state index in [0.717, 1.165) is 21.3 Å². The Morgan fingerprint density at radius 2 is 2.00 bits per heavy atom. The Hall–Kier alpha value is -0.910. The van der Waals surface area contributed by atoms with Gasteiger partial charge < -0.3 is 14.8 Å². The molecule has 0 radical (unpaired) electrons. The Bertz CT molecular complexity index is 433. The first-order chi connectivity index (χ1) is 8.58. The van der Waals surface area contributed by atoms with E-state index in [1.165, 1.54) is 0 Å². The molecule has 1 N–H and O–H groups in total. The molecule has 1 aliphatic heterocycles. The van der Waals surface area contributed by atoms with Gasteiger partial charge >= 0.3 is 0 Å². The summed E-state index contributed by atoms with van der Waals surface area (Å²) in [6.45, 7) is 5.27. The highest BCUT2D eigenvalue weighted by molar-refractivity contribution is 9.10. The van der Waals surface area contributed by atoms with Crippen LogP contribution in [0.2, 0.25) is 0 Å². The minimum absolute atomic E-state index is 0.150. The Morgan fingerprint density at radius 1 is 1.33 bits per heavy atom. The summed E-state index contributed by atoms with van der Waals surface area (Å²) >= 11 is 3.43. The first-order valence-electron chi connectivity index (χ1n) is 5.85. The van der Waals surface area contributed by atoms with Crippen LogP contribution in [-0.2, 0) is 14.3 Å². The molecule has 98 valence electrons. The highest BCUT2D eigenvalue weighted by Gasteiger charge is 2.23. The number of hydrogen-bond donors (Lipinski definition) is 1. The fourth-order valence-corrected chi connectivity index (χ4v) is 2.64. The standard InChI is InChI=1S/C13H16BrNO3/c1-8-5-10(14)6-9(2)12(8)15-13(16)11-7-17-3-4-18-11/h5-6,11H,3-4,7H2,1-2H3,(H,15,16). The molecule has 4 nitrogen and oxygen atoms in total. The lowest BCUT2D eigenvalue weighted by Crippen LogP contribution is -2.39. The molecule has 1 heterocycles. The summed E-state index contributed by atoms with van der Waals surface area (Å²) < 4.78 is 11.6. The smallest absolute Gasteiger partial charge is 0.255 e. The summed E-state index contributed by atoms with van der Waals surface area (Å²) in [7, 11) is 0. The quantitative estimate of drug-likeness (QED) is 0.912. The van der Waals surface area contributed by atoms with Gasteiger partial charge in [-0.15, -0.1) is 0 Å². The van der Waals surface area contributed by atoms with Gasteiger partial charge in [-0.25, -0.2) is 0 Å². The van der Waals surface area contributed by atoms with Gasteiger partial charge in [0.15, 0.2) is 6.10 Å². The predicted molar refractivity (Wildman–Crippen MR) is 72.8 cm³/mol. The largest absolute Gasteiger partial charge is 0.376 e. The number of rotatable bonds is 2. The molecule has 0 aromatic heterocycles. The number of amides is 1. The second-order valence-electron chi connectivity index (χ2n) is 4.34. The van der Waals surface area contributed by atoms with Gasteiger partial charge in [0.05, 0.1) is 19.8 Å². The number of ether oxygens (including phenoxy) is 2. The summed E-state index contributed by atoms with van der Waals surface area (Å²) in [6.07, 6.45) is -0.513. The van der Waals surface area contributed by atoms with E-state index in [2.05, 4.69) is 21.2 Å². The van der Waals surface area contributed by atoms with Gasteiger partial charge in [-0.1, -0.05) is 15.9 Å². The number of anilines is 1. The zero-order valence-corrected chi connectivity index (χ0v) is 12.0. The van der Waals surface area contributed by atoms with E-state index < -0.39 is 6.10 Å². The van der Waals surface area contributed by atoms with E-state index in [9.17, 15) is 4.79 Å². The molecule has 1 aromatic carbocycles. The van der Waals surface area contributed by atoms with E-state index in [4.69, 9.17) is 9.47 Å². The number of carbonyl (C=O) groups is 1. The van der Waals surface area contributed by atoms with Crippen molar-refractivity contribution in [1.29, 1.82) is 0 Å². The van der Waals surface area contributed by atoms with Crippen LogP contribution < -0.4 is 5.32 Å². The molecule has 1 unspecified atom stereocenters.